The average molecular weight is 278 g/mol. The number of halogens is 1. The van der Waals surface area contributed by atoms with Crippen molar-refractivity contribution in [3.63, 3.8) is 0 Å². The molecule has 0 bridgehead atoms. The molecule has 1 aliphatic heterocycles. The van der Waals surface area contributed by atoms with Crippen LogP contribution < -0.4 is 10.2 Å². The van der Waals surface area contributed by atoms with Gasteiger partial charge in [-0.15, -0.1) is 0 Å². The Morgan fingerprint density at radius 3 is 2.45 bits per heavy atom. The smallest absolute Gasteiger partial charge is 0.123 e. The zero-order valence-electron chi connectivity index (χ0n) is 13.1. The van der Waals surface area contributed by atoms with Gasteiger partial charge >= 0.3 is 0 Å². The van der Waals surface area contributed by atoms with E-state index in [9.17, 15) is 4.39 Å². The second-order valence-corrected chi connectivity index (χ2v) is 7.36. The van der Waals surface area contributed by atoms with Crippen molar-refractivity contribution in [3.05, 3.63) is 30.1 Å². The van der Waals surface area contributed by atoms with Crippen LogP contribution in [0.1, 0.15) is 34.1 Å². The molecular formula is C17H27FN2. The van der Waals surface area contributed by atoms with Crippen LogP contribution in [0.25, 0.3) is 0 Å². The van der Waals surface area contributed by atoms with Crippen LogP contribution in [0.2, 0.25) is 0 Å². The average Bonchev–Trinajstić information content (AvgIpc) is 2.36. The Labute approximate surface area is 122 Å². The van der Waals surface area contributed by atoms with Gasteiger partial charge in [-0.2, -0.15) is 0 Å². The van der Waals surface area contributed by atoms with Crippen LogP contribution in [0.15, 0.2) is 24.3 Å². The van der Waals surface area contributed by atoms with Gasteiger partial charge in [-0.05, 0) is 42.0 Å². The van der Waals surface area contributed by atoms with Gasteiger partial charge < -0.3 is 10.2 Å². The number of piperidine rings is 1. The van der Waals surface area contributed by atoms with Crippen molar-refractivity contribution in [2.45, 2.75) is 40.2 Å². The summed E-state index contributed by atoms with van der Waals surface area (Å²) in [6, 6.07) is 7.38. The zero-order chi connectivity index (χ0) is 14.8. The lowest BCUT2D eigenvalue weighted by Gasteiger charge is -2.39. The van der Waals surface area contributed by atoms with Gasteiger partial charge in [0, 0.05) is 31.4 Å². The van der Waals surface area contributed by atoms with E-state index in [0.717, 1.165) is 25.3 Å². The Kier molecular flexibility index (Phi) is 4.69. The molecule has 0 saturated carbocycles. The predicted molar refractivity (Wildman–Crippen MR) is 83.6 cm³/mol. The van der Waals surface area contributed by atoms with Crippen LogP contribution in [-0.2, 0) is 0 Å². The van der Waals surface area contributed by atoms with Crippen molar-refractivity contribution in [2.24, 2.45) is 11.3 Å². The molecule has 3 heteroatoms. The maximum Gasteiger partial charge on any atom is 0.123 e. The third-order valence-corrected chi connectivity index (χ3v) is 3.77. The van der Waals surface area contributed by atoms with E-state index >= 15 is 0 Å². The summed E-state index contributed by atoms with van der Waals surface area (Å²) < 4.78 is 13.0. The minimum Gasteiger partial charge on any atom is -0.370 e. The fourth-order valence-electron chi connectivity index (χ4n) is 2.81. The number of benzene rings is 1. The molecule has 2 atom stereocenters. The summed E-state index contributed by atoms with van der Waals surface area (Å²) in [5, 5.41) is 3.69. The molecule has 20 heavy (non-hydrogen) atoms. The molecule has 2 rings (SSSR count). The summed E-state index contributed by atoms with van der Waals surface area (Å²) in [7, 11) is 0. The lowest BCUT2D eigenvalue weighted by molar-refractivity contribution is 0.300. The van der Waals surface area contributed by atoms with E-state index in [1.165, 1.54) is 6.42 Å². The minimum atomic E-state index is -0.166. The molecule has 1 aliphatic rings. The van der Waals surface area contributed by atoms with Crippen molar-refractivity contribution < 1.29 is 4.39 Å². The molecule has 0 aromatic heterocycles. The van der Waals surface area contributed by atoms with Gasteiger partial charge in [0.15, 0.2) is 0 Å². The third-order valence-electron chi connectivity index (χ3n) is 3.77. The highest BCUT2D eigenvalue weighted by Crippen LogP contribution is 2.24. The maximum atomic E-state index is 13.0. The Morgan fingerprint density at radius 2 is 1.85 bits per heavy atom. The van der Waals surface area contributed by atoms with Crippen LogP contribution in [0.4, 0.5) is 10.1 Å². The van der Waals surface area contributed by atoms with E-state index in [1.807, 2.05) is 12.1 Å². The molecule has 112 valence electrons. The van der Waals surface area contributed by atoms with E-state index < -0.39 is 0 Å². The van der Waals surface area contributed by atoms with Crippen LogP contribution in [0.3, 0.4) is 0 Å². The lowest BCUT2D eigenvalue weighted by Crippen LogP contribution is -2.50. The first-order chi connectivity index (χ1) is 9.33. The Hall–Kier alpha value is -1.09. The molecule has 0 spiro atoms. The summed E-state index contributed by atoms with van der Waals surface area (Å²) in [5.74, 6) is 0.493. The van der Waals surface area contributed by atoms with Gasteiger partial charge in [-0.25, -0.2) is 4.39 Å². The minimum absolute atomic E-state index is 0.166. The van der Waals surface area contributed by atoms with Crippen molar-refractivity contribution in [1.29, 1.82) is 0 Å². The molecule has 1 fully saturated rings. The SMILES string of the molecule is CC1CC(NCC(C)(C)C)CN(c2ccc(F)cc2)C1. The summed E-state index contributed by atoms with van der Waals surface area (Å²) >= 11 is 0. The first kappa shape index (κ1) is 15.3. The molecule has 1 N–H and O–H groups in total. The normalized spacial score (nSPS) is 23.9. The first-order valence-electron chi connectivity index (χ1n) is 7.57. The largest absolute Gasteiger partial charge is 0.370 e. The molecule has 1 aromatic rings. The first-order valence-corrected chi connectivity index (χ1v) is 7.57. The summed E-state index contributed by atoms with van der Waals surface area (Å²) in [5.41, 5.74) is 1.43. The Morgan fingerprint density at radius 1 is 1.20 bits per heavy atom. The van der Waals surface area contributed by atoms with Gasteiger partial charge in [0.1, 0.15) is 5.82 Å². The zero-order valence-corrected chi connectivity index (χ0v) is 13.1. The second-order valence-electron chi connectivity index (χ2n) is 7.36. The number of rotatable bonds is 3. The molecule has 2 unspecified atom stereocenters. The van der Waals surface area contributed by atoms with E-state index in [4.69, 9.17) is 0 Å². The topological polar surface area (TPSA) is 15.3 Å². The molecule has 2 nitrogen and oxygen atoms in total. The van der Waals surface area contributed by atoms with Gasteiger partial charge in [0.2, 0.25) is 0 Å². The second kappa shape index (κ2) is 6.13. The van der Waals surface area contributed by atoms with Crippen LogP contribution in [0, 0.1) is 17.2 Å². The summed E-state index contributed by atoms with van der Waals surface area (Å²) in [6.07, 6.45) is 1.22. The highest BCUT2D eigenvalue weighted by atomic mass is 19.1. The fraction of sp³-hybridized carbons (Fsp3) is 0.647. The van der Waals surface area contributed by atoms with Gasteiger partial charge in [0.25, 0.3) is 0 Å². The van der Waals surface area contributed by atoms with E-state index in [2.05, 4.69) is 37.9 Å². The highest BCUT2D eigenvalue weighted by molar-refractivity contribution is 5.47. The van der Waals surface area contributed by atoms with E-state index in [1.54, 1.807) is 12.1 Å². The van der Waals surface area contributed by atoms with Crippen molar-refractivity contribution in [3.8, 4) is 0 Å². The monoisotopic (exact) mass is 278 g/mol. The Bertz CT molecular complexity index is 422. The van der Waals surface area contributed by atoms with Crippen LogP contribution in [0.5, 0.6) is 0 Å². The number of hydrogen-bond donors (Lipinski definition) is 1. The van der Waals surface area contributed by atoms with Crippen LogP contribution >= 0.6 is 0 Å². The van der Waals surface area contributed by atoms with Gasteiger partial charge in [-0.3, -0.25) is 0 Å². The number of anilines is 1. The highest BCUT2D eigenvalue weighted by Gasteiger charge is 2.25. The quantitative estimate of drug-likeness (QED) is 0.907. The summed E-state index contributed by atoms with van der Waals surface area (Å²) in [4.78, 5) is 2.37. The molecular weight excluding hydrogens is 251 g/mol. The standard InChI is InChI=1S/C17H27FN2/c1-13-9-15(19-12-17(2,3)4)11-20(10-13)16-7-5-14(18)6-8-16/h5-8,13,15,19H,9-12H2,1-4H3. The molecule has 1 aromatic carbocycles. The number of nitrogens with one attached hydrogen (secondary N) is 1. The van der Waals surface area contributed by atoms with E-state index in [0.29, 0.717) is 17.4 Å². The van der Waals surface area contributed by atoms with E-state index in [-0.39, 0.29) is 5.82 Å². The number of nitrogens with zero attached hydrogens (tertiary/aromatic N) is 1. The van der Waals surface area contributed by atoms with Gasteiger partial charge in [0.05, 0.1) is 0 Å². The lowest BCUT2D eigenvalue weighted by atomic mass is 9.92. The summed E-state index contributed by atoms with van der Waals surface area (Å²) in [6.45, 7) is 12.1. The number of hydrogen-bond acceptors (Lipinski definition) is 2. The molecule has 0 radical (unpaired) electrons. The molecule has 0 amide bonds. The third kappa shape index (κ3) is 4.48. The van der Waals surface area contributed by atoms with Crippen molar-refractivity contribution >= 4 is 5.69 Å². The van der Waals surface area contributed by atoms with Crippen molar-refractivity contribution in [2.75, 3.05) is 24.5 Å². The Balaban J connectivity index is 1.99. The predicted octanol–water partition coefficient (Wildman–Crippen LogP) is 3.68. The molecule has 0 aliphatic carbocycles. The fourth-order valence-corrected chi connectivity index (χ4v) is 2.81. The maximum absolute atomic E-state index is 13.0. The molecule has 1 saturated heterocycles. The van der Waals surface area contributed by atoms with Gasteiger partial charge in [-0.1, -0.05) is 27.7 Å². The van der Waals surface area contributed by atoms with Crippen molar-refractivity contribution in [1.82, 2.24) is 5.32 Å². The molecule has 1 heterocycles. The van der Waals surface area contributed by atoms with Crippen LogP contribution in [-0.4, -0.2) is 25.7 Å².